The van der Waals surface area contributed by atoms with Crippen LogP contribution >= 0.6 is 11.6 Å². The van der Waals surface area contributed by atoms with Gasteiger partial charge in [0.25, 0.3) is 0 Å². The van der Waals surface area contributed by atoms with Gasteiger partial charge in [-0.25, -0.2) is 8.78 Å². The van der Waals surface area contributed by atoms with Gasteiger partial charge in [0.1, 0.15) is 11.6 Å². The van der Waals surface area contributed by atoms with Gasteiger partial charge in [-0.1, -0.05) is 11.6 Å². The predicted molar refractivity (Wildman–Crippen MR) is 49.1 cm³/mol. The second-order valence-corrected chi connectivity index (χ2v) is 4.04. The maximum Gasteiger partial charge on any atom is 0.142 e. The van der Waals surface area contributed by atoms with Crippen molar-refractivity contribution in [3.8, 4) is 0 Å². The zero-order valence-corrected chi connectivity index (χ0v) is 8.11. The van der Waals surface area contributed by atoms with E-state index in [0.29, 0.717) is 12.8 Å². The third-order valence-electron chi connectivity index (χ3n) is 2.69. The molecule has 1 nitrogen and oxygen atoms in total. The molecule has 1 fully saturated rings. The van der Waals surface area contributed by atoms with Crippen molar-refractivity contribution in [1.29, 1.82) is 0 Å². The molecule has 1 aliphatic rings. The predicted octanol–water partition coefficient (Wildman–Crippen LogP) is 2.99. The van der Waals surface area contributed by atoms with Crippen molar-refractivity contribution in [1.82, 2.24) is 0 Å². The smallest absolute Gasteiger partial charge is 0.142 e. The van der Waals surface area contributed by atoms with Crippen molar-refractivity contribution in [3.05, 3.63) is 34.4 Å². The summed E-state index contributed by atoms with van der Waals surface area (Å²) in [5.41, 5.74) is -1.17. The summed E-state index contributed by atoms with van der Waals surface area (Å²) in [6.07, 6.45) is 1.79. The zero-order valence-electron chi connectivity index (χ0n) is 7.36. The first kappa shape index (κ1) is 9.87. The third-order valence-corrected chi connectivity index (χ3v) is 2.98. The Labute approximate surface area is 85.3 Å². The quantitative estimate of drug-likeness (QED) is 0.719. The number of aliphatic hydroxyl groups is 1. The molecule has 14 heavy (non-hydrogen) atoms. The van der Waals surface area contributed by atoms with Crippen LogP contribution in [-0.2, 0) is 5.60 Å². The molecule has 1 aromatic rings. The second-order valence-electron chi connectivity index (χ2n) is 3.63. The first-order valence-corrected chi connectivity index (χ1v) is 4.78. The summed E-state index contributed by atoms with van der Waals surface area (Å²) in [4.78, 5) is 0. The minimum atomic E-state index is -1.19. The molecular weight excluding hydrogens is 210 g/mol. The highest BCUT2D eigenvalue weighted by Crippen LogP contribution is 2.42. The molecule has 0 heterocycles. The van der Waals surface area contributed by atoms with Gasteiger partial charge in [0.2, 0.25) is 0 Å². The van der Waals surface area contributed by atoms with E-state index in [4.69, 9.17) is 11.6 Å². The van der Waals surface area contributed by atoms with E-state index in [0.717, 1.165) is 18.6 Å². The van der Waals surface area contributed by atoms with Crippen LogP contribution in [0.1, 0.15) is 24.8 Å². The number of halogens is 3. The number of rotatable bonds is 1. The van der Waals surface area contributed by atoms with E-state index in [1.54, 1.807) is 0 Å². The first-order chi connectivity index (χ1) is 6.53. The summed E-state index contributed by atoms with van der Waals surface area (Å²) < 4.78 is 26.4. The summed E-state index contributed by atoms with van der Waals surface area (Å²) in [5, 5.41) is 9.57. The number of hydrogen-bond acceptors (Lipinski definition) is 1. The fraction of sp³-hybridized carbons (Fsp3) is 0.400. The highest BCUT2D eigenvalue weighted by Gasteiger charge is 2.38. The molecule has 2 rings (SSSR count). The minimum Gasteiger partial charge on any atom is -0.385 e. The van der Waals surface area contributed by atoms with Gasteiger partial charge in [0, 0.05) is 5.56 Å². The van der Waals surface area contributed by atoms with Gasteiger partial charge in [-0.2, -0.15) is 0 Å². The summed E-state index contributed by atoms with van der Waals surface area (Å²) >= 11 is 5.40. The maximum atomic E-state index is 13.3. The highest BCUT2D eigenvalue weighted by atomic mass is 35.5. The summed E-state index contributed by atoms with van der Waals surface area (Å²) in [5.74, 6) is -1.33. The van der Waals surface area contributed by atoms with Gasteiger partial charge >= 0.3 is 0 Å². The fourth-order valence-corrected chi connectivity index (χ4v) is 1.81. The van der Waals surface area contributed by atoms with Crippen molar-refractivity contribution >= 4 is 11.6 Å². The molecule has 0 spiro atoms. The van der Waals surface area contributed by atoms with Crippen LogP contribution in [0.5, 0.6) is 0 Å². The average Bonchev–Trinajstić information content (AvgIpc) is 2.07. The molecule has 1 saturated carbocycles. The Hall–Kier alpha value is -0.670. The van der Waals surface area contributed by atoms with Crippen LogP contribution < -0.4 is 0 Å². The lowest BCUT2D eigenvalue weighted by molar-refractivity contribution is -0.0418. The zero-order chi connectivity index (χ0) is 10.3. The molecule has 0 amide bonds. The fourth-order valence-electron chi connectivity index (χ4n) is 1.66. The largest absolute Gasteiger partial charge is 0.385 e. The van der Waals surface area contributed by atoms with Gasteiger partial charge in [0.15, 0.2) is 0 Å². The van der Waals surface area contributed by atoms with Gasteiger partial charge < -0.3 is 5.11 Å². The van der Waals surface area contributed by atoms with Crippen LogP contribution in [-0.4, -0.2) is 5.11 Å². The molecular formula is C10H9ClF2O. The molecule has 76 valence electrons. The van der Waals surface area contributed by atoms with Gasteiger partial charge in [-0.15, -0.1) is 0 Å². The van der Waals surface area contributed by atoms with Crippen LogP contribution in [0.4, 0.5) is 8.78 Å². The molecule has 0 aliphatic heterocycles. The summed E-state index contributed by atoms with van der Waals surface area (Å²) in [6.45, 7) is 0. The monoisotopic (exact) mass is 218 g/mol. The third kappa shape index (κ3) is 1.41. The molecule has 0 bridgehead atoms. The van der Waals surface area contributed by atoms with Crippen molar-refractivity contribution in [2.45, 2.75) is 24.9 Å². The lowest BCUT2D eigenvalue weighted by atomic mass is 9.75. The lowest BCUT2D eigenvalue weighted by Gasteiger charge is -2.37. The minimum absolute atomic E-state index is 0.0191. The molecule has 0 atom stereocenters. The van der Waals surface area contributed by atoms with E-state index in [1.807, 2.05) is 0 Å². The maximum absolute atomic E-state index is 13.3. The molecule has 0 aromatic heterocycles. The number of hydrogen-bond donors (Lipinski definition) is 1. The van der Waals surface area contributed by atoms with Gasteiger partial charge in [-0.3, -0.25) is 0 Å². The Morgan fingerprint density at radius 3 is 2.36 bits per heavy atom. The standard InChI is InChI=1S/C10H9ClF2O/c11-7-5-8(12)6(4-9(7)13)10(14)2-1-3-10/h4-5,14H,1-3H2. The Morgan fingerprint density at radius 1 is 1.21 bits per heavy atom. The molecule has 4 heteroatoms. The van der Waals surface area contributed by atoms with Crippen LogP contribution in [0, 0.1) is 11.6 Å². The number of benzene rings is 1. The molecule has 1 N–H and O–H groups in total. The van der Waals surface area contributed by atoms with Crippen LogP contribution in [0.3, 0.4) is 0 Å². The SMILES string of the molecule is OC1(c2cc(F)c(Cl)cc2F)CCC1. The molecule has 1 aromatic carbocycles. The van der Waals surface area contributed by atoms with E-state index in [9.17, 15) is 13.9 Å². The van der Waals surface area contributed by atoms with Crippen LogP contribution in [0.2, 0.25) is 5.02 Å². The van der Waals surface area contributed by atoms with E-state index in [2.05, 4.69) is 0 Å². The lowest BCUT2D eigenvalue weighted by Crippen LogP contribution is -2.34. The molecule has 0 radical (unpaired) electrons. The Balaban J connectivity index is 2.48. The van der Waals surface area contributed by atoms with Crippen LogP contribution in [0.15, 0.2) is 12.1 Å². The van der Waals surface area contributed by atoms with Crippen LogP contribution in [0.25, 0.3) is 0 Å². The molecule has 0 saturated heterocycles. The van der Waals surface area contributed by atoms with Gasteiger partial charge in [-0.05, 0) is 31.4 Å². The summed E-state index contributed by atoms with van der Waals surface area (Å²) in [7, 11) is 0. The highest BCUT2D eigenvalue weighted by molar-refractivity contribution is 6.30. The van der Waals surface area contributed by atoms with E-state index in [1.165, 1.54) is 0 Å². The summed E-state index contributed by atoms with van der Waals surface area (Å²) in [6, 6.07) is 1.89. The van der Waals surface area contributed by atoms with Crippen molar-refractivity contribution < 1.29 is 13.9 Å². The van der Waals surface area contributed by atoms with Crippen molar-refractivity contribution in [2.75, 3.05) is 0 Å². The van der Waals surface area contributed by atoms with Gasteiger partial charge in [0.05, 0.1) is 10.6 Å². The average molecular weight is 219 g/mol. The normalized spacial score (nSPS) is 19.1. The van der Waals surface area contributed by atoms with E-state index < -0.39 is 17.2 Å². The van der Waals surface area contributed by atoms with Crippen molar-refractivity contribution in [3.63, 3.8) is 0 Å². The first-order valence-electron chi connectivity index (χ1n) is 4.40. The molecule has 1 aliphatic carbocycles. The Bertz CT molecular complexity index is 375. The Morgan fingerprint density at radius 2 is 1.86 bits per heavy atom. The van der Waals surface area contributed by atoms with E-state index in [-0.39, 0.29) is 10.6 Å². The Kier molecular flexibility index (Phi) is 2.24. The molecule has 0 unspecified atom stereocenters. The second kappa shape index (κ2) is 3.17. The topological polar surface area (TPSA) is 20.2 Å². The van der Waals surface area contributed by atoms with E-state index >= 15 is 0 Å². The van der Waals surface area contributed by atoms with Crippen molar-refractivity contribution in [2.24, 2.45) is 0 Å².